The van der Waals surface area contributed by atoms with Crippen LogP contribution in [0.25, 0.3) is 0 Å². The molecule has 0 atom stereocenters. The first kappa shape index (κ1) is 22.9. The molecule has 0 saturated heterocycles. The summed E-state index contributed by atoms with van der Waals surface area (Å²) >= 11 is 7.71. The minimum absolute atomic E-state index is 0. The summed E-state index contributed by atoms with van der Waals surface area (Å²) in [5.41, 5.74) is 0.421. The minimum Gasteiger partial charge on any atom is -0.382 e. The number of guanidine groups is 1. The van der Waals surface area contributed by atoms with Gasteiger partial charge in [-0.05, 0) is 55.9 Å². The van der Waals surface area contributed by atoms with E-state index in [1.54, 1.807) is 0 Å². The Kier molecular flexibility index (Phi) is 11.2. The van der Waals surface area contributed by atoms with Gasteiger partial charge in [0.1, 0.15) is 0 Å². The van der Waals surface area contributed by atoms with E-state index in [9.17, 15) is 0 Å². The first-order valence-corrected chi connectivity index (χ1v) is 9.94. The third-order valence-corrected chi connectivity index (χ3v) is 5.53. The quantitative estimate of drug-likeness (QED) is 0.165. The van der Waals surface area contributed by atoms with Gasteiger partial charge in [0.15, 0.2) is 5.96 Å². The number of aliphatic imine (C=N–C) groups is 1. The maximum absolute atomic E-state index is 5.90. The van der Waals surface area contributed by atoms with E-state index in [0.717, 1.165) is 49.5 Å². The van der Waals surface area contributed by atoms with E-state index in [1.165, 1.54) is 17.7 Å². The standard InChI is InChI=1S/C18H28ClN3OS.HI/c1-3-23-12-10-18(8-9-18)14-22-17(20-2)21-11-13-24-16-6-4-15(19)5-7-16;/h4-7H,3,8-14H2,1-2H3,(H2,20,21,22);1H. The highest BCUT2D eigenvalue weighted by Crippen LogP contribution is 2.48. The molecule has 1 fully saturated rings. The fraction of sp³-hybridized carbons (Fsp3) is 0.611. The monoisotopic (exact) mass is 497 g/mol. The number of hydrogen-bond donors (Lipinski definition) is 2. The molecule has 0 amide bonds. The van der Waals surface area contributed by atoms with E-state index in [0.29, 0.717) is 5.41 Å². The highest BCUT2D eigenvalue weighted by Gasteiger charge is 2.41. The number of nitrogens with one attached hydrogen (secondary N) is 2. The molecule has 1 saturated carbocycles. The van der Waals surface area contributed by atoms with Crippen LogP contribution in [0.5, 0.6) is 0 Å². The normalized spacial score (nSPS) is 15.4. The van der Waals surface area contributed by atoms with Gasteiger partial charge in [-0.1, -0.05) is 11.6 Å². The predicted octanol–water partition coefficient (Wildman–Crippen LogP) is 4.42. The molecule has 1 aromatic carbocycles. The Morgan fingerprint density at radius 2 is 2.00 bits per heavy atom. The molecule has 142 valence electrons. The minimum atomic E-state index is 0. The van der Waals surface area contributed by atoms with E-state index in [2.05, 4.69) is 27.8 Å². The van der Waals surface area contributed by atoms with Gasteiger partial charge in [-0.3, -0.25) is 4.99 Å². The molecule has 0 heterocycles. The van der Waals surface area contributed by atoms with Gasteiger partial charge in [0.25, 0.3) is 0 Å². The van der Waals surface area contributed by atoms with Crippen molar-refractivity contribution in [3.8, 4) is 0 Å². The Bertz CT molecular complexity index is 524. The highest BCUT2D eigenvalue weighted by atomic mass is 127. The molecule has 0 aliphatic heterocycles. The van der Waals surface area contributed by atoms with E-state index in [4.69, 9.17) is 16.3 Å². The maximum Gasteiger partial charge on any atom is 0.191 e. The van der Waals surface area contributed by atoms with Crippen LogP contribution in [0.15, 0.2) is 34.2 Å². The van der Waals surface area contributed by atoms with Crippen LogP contribution >= 0.6 is 47.3 Å². The second kappa shape index (κ2) is 12.3. The zero-order chi connectivity index (χ0) is 17.3. The number of halogens is 2. The molecule has 1 aliphatic carbocycles. The van der Waals surface area contributed by atoms with Crippen LogP contribution < -0.4 is 10.6 Å². The molecule has 2 N–H and O–H groups in total. The summed E-state index contributed by atoms with van der Waals surface area (Å²) in [7, 11) is 1.82. The summed E-state index contributed by atoms with van der Waals surface area (Å²) in [6.45, 7) is 5.56. The topological polar surface area (TPSA) is 45.6 Å². The summed E-state index contributed by atoms with van der Waals surface area (Å²) in [6.07, 6.45) is 3.71. The van der Waals surface area contributed by atoms with Gasteiger partial charge in [-0.2, -0.15) is 0 Å². The van der Waals surface area contributed by atoms with Crippen molar-refractivity contribution in [2.45, 2.75) is 31.1 Å². The summed E-state index contributed by atoms with van der Waals surface area (Å²) in [4.78, 5) is 5.54. The number of rotatable bonds is 10. The fourth-order valence-corrected chi connectivity index (χ4v) is 3.38. The lowest BCUT2D eigenvalue weighted by Gasteiger charge is -2.18. The largest absolute Gasteiger partial charge is 0.382 e. The molecule has 0 spiro atoms. The molecular weight excluding hydrogens is 469 g/mol. The molecule has 0 unspecified atom stereocenters. The fourth-order valence-electron chi connectivity index (χ4n) is 2.49. The van der Waals surface area contributed by atoms with Gasteiger partial charge < -0.3 is 15.4 Å². The van der Waals surface area contributed by atoms with Crippen LogP contribution in [0.4, 0.5) is 0 Å². The van der Waals surface area contributed by atoms with E-state index >= 15 is 0 Å². The zero-order valence-electron chi connectivity index (χ0n) is 15.0. The Hall–Kier alpha value is -0.180. The zero-order valence-corrected chi connectivity index (χ0v) is 18.9. The Morgan fingerprint density at radius 1 is 1.28 bits per heavy atom. The van der Waals surface area contributed by atoms with Gasteiger partial charge in [0.05, 0.1) is 0 Å². The number of nitrogens with zero attached hydrogens (tertiary/aromatic N) is 1. The second-order valence-corrected chi connectivity index (χ2v) is 7.71. The van der Waals surface area contributed by atoms with Crippen molar-refractivity contribution in [1.29, 1.82) is 0 Å². The van der Waals surface area contributed by atoms with Crippen molar-refractivity contribution in [1.82, 2.24) is 10.6 Å². The molecule has 2 rings (SSSR count). The summed E-state index contributed by atoms with van der Waals surface area (Å²) in [6, 6.07) is 7.95. The van der Waals surface area contributed by atoms with Gasteiger partial charge in [0.2, 0.25) is 0 Å². The maximum atomic E-state index is 5.90. The van der Waals surface area contributed by atoms with Crippen LogP contribution in [0, 0.1) is 5.41 Å². The van der Waals surface area contributed by atoms with Crippen LogP contribution in [0.3, 0.4) is 0 Å². The lowest BCUT2D eigenvalue weighted by molar-refractivity contribution is 0.128. The summed E-state index contributed by atoms with van der Waals surface area (Å²) in [5, 5.41) is 7.62. The van der Waals surface area contributed by atoms with Gasteiger partial charge in [-0.15, -0.1) is 35.7 Å². The molecule has 7 heteroatoms. The first-order chi connectivity index (χ1) is 11.7. The van der Waals surface area contributed by atoms with Crippen LogP contribution in [0.2, 0.25) is 5.02 Å². The Labute approximate surface area is 177 Å². The molecule has 0 bridgehead atoms. The third kappa shape index (κ3) is 8.84. The van der Waals surface area contributed by atoms with Crippen molar-refractivity contribution in [2.24, 2.45) is 10.4 Å². The lowest BCUT2D eigenvalue weighted by Crippen LogP contribution is -2.41. The van der Waals surface area contributed by atoms with Gasteiger partial charge >= 0.3 is 0 Å². The van der Waals surface area contributed by atoms with Crippen LogP contribution in [0.1, 0.15) is 26.2 Å². The van der Waals surface area contributed by atoms with Crippen molar-refractivity contribution >= 4 is 53.3 Å². The van der Waals surface area contributed by atoms with E-state index < -0.39 is 0 Å². The predicted molar refractivity (Wildman–Crippen MR) is 120 cm³/mol. The average molecular weight is 498 g/mol. The van der Waals surface area contributed by atoms with Crippen LogP contribution in [-0.2, 0) is 4.74 Å². The Balaban J connectivity index is 0.00000312. The molecule has 4 nitrogen and oxygen atoms in total. The third-order valence-electron chi connectivity index (χ3n) is 4.27. The molecule has 0 aromatic heterocycles. The average Bonchev–Trinajstić information content (AvgIpc) is 3.36. The number of ether oxygens (including phenoxy) is 1. The van der Waals surface area contributed by atoms with Crippen molar-refractivity contribution in [3.05, 3.63) is 29.3 Å². The number of hydrogen-bond acceptors (Lipinski definition) is 3. The van der Waals surface area contributed by atoms with E-state index in [-0.39, 0.29) is 24.0 Å². The van der Waals surface area contributed by atoms with Crippen LogP contribution in [-0.4, -0.2) is 45.1 Å². The first-order valence-electron chi connectivity index (χ1n) is 8.58. The molecular formula is C18H29ClIN3OS. The van der Waals surface area contributed by atoms with Crippen molar-refractivity contribution in [3.63, 3.8) is 0 Å². The van der Waals surface area contributed by atoms with Crippen molar-refractivity contribution in [2.75, 3.05) is 39.1 Å². The Morgan fingerprint density at radius 3 is 2.60 bits per heavy atom. The molecule has 0 radical (unpaired) electrons. The molecule has 1 aromatic rings. The summed E-state index contributed by atoms with van der Waals surface area (Å²) in [5.74, 6) is 1.87. The SMILES string of the molecule is CCOCCC1(CNC(=NC)NCCSc2ccc(Cl)cc2)CC1.I. The smallest absolute Gasteiger partial charge is 0.191 e. The second-order valence-electron chi connectivity index (χ2n) is 6.10. The summed E-state index contributed by atoms with van der Waals surface area (Å²) < 4.78 is 5.49. The van der Waals surface area contributed by atoms with Gasteiger partial charge in [0, 0.05) is 49.0 Å². The van der Waals surface area contributed by atoms with E-state index in [1.807, 2.05) is 37.9 Å². The molecule has 25 heavy (non-hydrogen) atoms. The highest BCUT2D eigenvalue weighted by molar-refractivity contribution is 14.0. The lowest BCUT2D eigenvalue weighted by atomic mass is 10.0. The molecule has 1 aliphatic rings. The van der Waals surface area contributed by atoms with Gasteiger partial charge in [-0.25, -0.2) is 0 Å². The van der Waals surface area contributed by atoms with Crippen molar-refractivity contribution < 1.29 is 4.74 Å². The number of thioether (sulfide) groups is 1. The number of benzene rings is 1.